The smallest absolute Gasteiger partial charge is 0.239 e. The van der Waals surface area contributed by atoms with Gasteiger partial charge < -0.3 is 10.6 Å². The summed E-state index contributed by atoms with van der Waals surface area (Å²) >= 11 is 0. The molecule has 0 radical (unpaired) electrons. The molecule has 1 saturated heterocycles. The number of amides is 1. The zero-order valence-corrected chi connectivity index (χ0v) is 11.5. The quantitative estimate of drug-likeness (QED) is 0.909. The van der Waals surface area contributed by atoms with Crippen molar-refractivity contribution >= 4 is 18.3 Å². The Kier molecular flexibility index (Phi) is 5.63. The molecule has 3 nitrogen and oxygen atoms in total. The van der Waals surface area contributed by atoms with Gasteiger partial charge in [0.2, 0.25) is 5.91 Å². The molecule has 1 aromatic carbocycles. The van der Waals surface area contributed by atoms with Gasteiger partial charge in [0.05, 0.1) is 6.04 Å². The molecule has 0 saturated carbocycles. The van der Waals surface area contributed by atoms with Crippen LogP contribution in [0.15, 0.2) is 30.3 Å². The second-order valence-electron chi connectivity index (χ2n) is 4.97. The maximum absolute atomic E-state index is 12.1. The van der Waals surface area contributed by atoms with E-state index in [-0.39, 0.29) is 18.3 Å². The largest absolute Gasteiger partial charge is 0.341 e. The van der Waals surface area contributed by atoms with Gasteiger partial charge in [0, 0.05) is 13.1 Å². The number of nitrogens with zero attached hydrogens (tertiary/aromatic N) is 1. The summed E-state index contributed by atoms with van der Waals surface area (Å²) in [5.74, 6) is 0.709. The Morgan fingerprint density at radius 3 is 2.67 bits per heavy atom. The van der Waals surface area contributed by atoms with E-state index >= 15 is 0 Å². The third kappa shape index (κ3) is 3.72. The summed E-state index contributed by atoms with van der Waals surface area (Å²) in [4.78, 5) is 14.0. The lowest BCUT2D eigenvalue weighted by molar-refractivity contribution is -0.131. The SMILES string of the molecule is CC1CCN(C(=O)C(N)Cc2ccccc2)C1.Cl. The van der Waals surface area contributed by atoms with Crippen molar-refractivity contribution in [2.75, 3.05) is 13.1 Å². The Morgan fingerprint density at radius 2 is 2.11 bits per heavy atom. The standard InChI is InChI=1S/C14H20N2O.ClH/c1-11-7-8-16(10-11)14(17)13(15)9-12-5-3-2-4-6-12;/h2-6,11,13H,7-10,15H2,1H3;1H. The highest BCUT2D eigenvalue weighted by Crippen LogP contribution is 2.16. The van der Waals surface area contributed by atoms with Crippen molar-refractivity contribution in [3.63, 3.8) is 0 Å². The third-order valence-electron chi connectivity index (χ3n) is 3.35. The van der Waals surface area contributed by atoms with E-state index in [1.165, 1.54) is 0 Å². The lowest BCUT2D eigenvalue weighted by Crippen LogP contribution is -2.43. The summed E-state index contributed by atoms with van der Waals surface area (Å²) in [5, 5.41) is 0. The minimum absolute atomic E-state index is 0. The van der Waals surface area contributed by atoms with Crippen LogP contribution in [0.25, 0.3) is 0 Å². The zero-order valence-electron chi connectivity index (χ0n) is 10.7. The van der Waals surface area contributed by atoms with Crippen molar-refractivity contribution in [2.45, 2.75) is 25.8 Å². The first-order chi connectivity index (χ1) is 8.16. The number of halogens is 1. The number of nitrogens with two attached hydrogens (primary N) is 1. The van der Waals surface area contributed by atoms with E-state index in [4.69, 9.17) is 5.73 Å². The molecule has 4 heteroatoms. The van der Waals surface area contributed by atoms with Crippen molar-refractivity contribution in [1.29, 1.82) is 0 Å². The molecule has 0 aliphatic carbocycles. The molecule has 1 heterocycles. The van der Waals surface area contributed by atoms with Gasteiger partial charge in [0.25, 0.3) is 0 Å². The summed E-state index contributed by atoms with van der Waals surface area (Å²) in [7, 11) is 0. The summed E-state index contributed by atoms with van der Waals surface area (Å²) in [6.07, 6.45) is 1.73. The molecule has 0 bridgehead atoms. The maximum atomic E-state index is 12.1. The molecule has 0 spiro atoms. The number of benzene rings is 1. The monoisotopic (exact) mass is 268 g/mol. The van der Waals surface area contributed by atoms with Crippen LogP contribution in [0.3, 0.4) is 0 Å². The van der Waals surface area contributed by atoms with Crippen LogP contribution in [0.1, 0.15) is 18.9 Å². The van der Waals surface area contributed by atoms with E-state index in [1.807, 2.05) is 35.2 Å². The number of rotatable bonds is 3. The molecule has 2 N–H and O–H groups in total. The van der Waals surface area contributed by atoms with E-state index in [9.17, 15) is 4.79 Å². The molecule has 1 fully saturated rings. The van der Waals surface area contributed by atoms with Gasteiger partial charge in [-0.2, -0.15) is 0 Å². The van der Waals surface area contributed by atoms with Crippen LogP contribution in [0.2, 0.25) is 0 Å². The van der Waals surface area contributed by atoms with E-state index in [1.54, 1.807) is 0 Å². The Morgan fingerprint density at radius 1 is 1.44 bits per heavy atom. The second kappa shape index (κ2) is 6.76. The van der Waals surface area contributed by atoms with Crippen molar-refractivity contribution in [1.82, 2.24) is 4.90 Å². The van der Waals surface area contributed by atoms with Crippen LogP contribution >= 0.6 is 12.4 Å². The third-order valence-corrected chi connectivity index (χ3v) is 3.35. The van der Waals surface area contributed by atoms with Crippen molar-refractivity contribution < 1.29 is 4.79 Å². The van der Waals surface area contributed by atoms with Crippen LogP contribution in [0.4, 0.5) is 0 Å². The molecule has 100 valence electrons. The van der Waals surface area contributed by atoms with Gasteiger partial charge in [-0.15, -0.1) is 12.4 Å². The van der Waals surface area contributed by atoms with Crippen molar-refractivity contribution in [2.24, 2.45) is 11.7 Å². The predicted octanol–water partition coefficient (Wildman–Crippen LogP) is 1.85. The molecule has 1 aromatic rings. The molecular weight excluding hydrogens is 248 g/mol. The van der Waals surface area contributed by atoms with Crippen LogP contribution in [0, 0.1) is 5.92 Å². The first-order valence-electron chi connectivity index (χ1n) is 6.25. The Balaban J connectivity index is 0.00000162. The number of likely N-dealkylation sites (tertiary alicyclic amines) is 1. The second-order valence-corrected chi connectivity index (χ2v) is 4.97. The molecule has 2 unspecified atom stereocenters. The van der Waals surface area contributed by atoms with Gasteiger partial charge in [0.1, 0.15) is 0 Å². The highest BCUT2D eigenvalue weighted by Gasteiger charge is 2.26. The fourth-order valence-corrected chi connectivity index (χ4v) is 2.33. The molecule has 18 heavy (non-hydrogen) atoms. The zero-order chi connectivity index (χ0) is 12.3. The number of hydrogen-bond donors (Lipinski definition) is 1. The topological polar surface area (TPSA) is 46.3 Å². The van der Waals surface area contributed by atoms with Gasteiger partial charge in [-0.3, -0.25) is 4.79 Å². The minimum atomic E-state index is -0.400. The van der Waals surface area contributed by atoms with Crippen LogP contribution < -0.4 is 5.73 Å². The minimum Gasteiger partial charge on any atom is -0.341 e. The summed E-state index contributed by atoms with van der Waals surface area (Å²) < 4.78 is 0. The normalized spacial score (nSPS) is 20.3. The van der Waals surface area contributed by atoms with Gasteiger partial charge in [0.15, 0.2) is 0 Å². The highest BCUT2D eigenvalue weighted by molar-refractivity contribution is 5.85. The predicted molar refractivity (Wildman–Crippen MR) is 75.7 cm³/mol. The number of hydrogen-bond acceptors (Lipinski definition) is 2. The summed E-state index contributed by atoms with van der Waals surface area (Å²) in [6, 6.07) is 9.55. The van der Waals surface area contributed by atoms with Crippen molar-refractivity contribution in [3.8, 4) is 0 Å². The molecule has 1 aliphatic rings. The summed E-state index contributed by atoms with van der Waals surface area (Å²) in [6.45, 7) is 3.90. The fraction of sp³-hybridized carbons (Fsp3) is 0.500. The van der Waals surface area contributed by atoms with Gasteiger partial charge >= 0.3 is 0 Å². The van der Waals surface area contributed by atoms with Crippen LogP contribution in [-0.2, 0) is 11.2 Å². The Labute approximate surface area is 115 Å². The number of carbonyl (C=O) groups excluding carboxylic acids is 1. The lowest BCUT2D eigenvalue weighted by atomic mass is 10.1. The van der Waals surface area contributed by atoms with E-state index in [0.29, 0.717) is 12.3 Å². The highest BCUT2D eigenvalue weighted by atomic mass is 35.5. The molecule has 1 aliphatic heterocycles. The average Bonchev–Trinajstić information content (AvgIpc) is 2.76. The molecular formula is C14H21ClN2O. The maximum Gasteiger partial charge on any atom is 0.239 e. The molecule has 2 rings (SSSR count). The van der Waals surface area contributed by atoms with Gasteiger partial charge in [-0.1, -0.05) is 37.3 Å². The Hall–Kier alpha value is -1.06. The first-order valence-corrected chi connectivity index (χ1v) is 6.25. The summed E-state index contributed by atoms with van der Waals surface area (Å²) in [5.41, 5.74) is 7.11. The van der Waals surface area contributed by atoms with Crippen LogP contribution in [0.5, 0.6) is 0 Å². The van der Waals surface area contributed by atoms with E-state index < -0.39 is 6.04 Å². The number of carbonyl (C=O) groups is 1. The lowest BCUT2D eigenvalue weighted by Gasteiger charge is -2.20. The van der Waals surface area contributed by atoms with E-state index in [2.05, 4.69) is 6.92 Å². The Bertz CT molecular complexity index is 383. The first kappa shape index (κ1) is 15.0. The fourth-order valence-electron chi connectivity index (χ4n) is 2.33. The van der Waals surface area contributed by atoms with Crippen LogP contribution in [-0.4, -0.2) is 29.9 Å². The molecule has 1 amide bonds. The molecule has 0 aromatic heterocycles. The van der Waals surface area contributed by atoms with Gasteiger partial charge in [-0.25, -0.2) is 0 Å². The van der Waals surface area contributed by atoms with Gasteiger partial charge in [-0.05, 0) is 24.3 Å². The van der Waals surface area contributed by atoms with E-state index in [0.717, 1.165) is 25.1 Å². The van der Waals surface area contributed by atoms with Crippen molar-refractivity contribution in [3.05, 3.63) is 35.9 Å². The average molecular weight is 269 g/mol. The molecule has 2 atom stereocenters.